The van der Waals surface area contributed by atoms with Gasteiger partial charge < -0.3 is 4.98 Å². The maximum absolute atomic E-state index is 13.0. The van der Waals surface area contributed by atoms with Crippen molar-refractivity contribution < 1.29 is 0 Å². The largest absolute Gasteiger partial charge is 0.322 e. The van der Waals surface area contributed by atoms with Crippen LogP contribution in [0.25, 0.3) is 10.9 Å². The molecule has 4 aromatic rings. The highest BCUT2D eigenvalue weighted by Crippen LogP contribution is 2.22. The Balaban J connectivity index is 1.70. The van der Waals surface area contributed by atoms with Crippen LogP contribution in [0, 0.1) is 13.8 Å². The molecule has 8 nitrogen and oxygen atoms in total. The van der Waals surface area contributed by atoms with Crippen LogP contribution in [0.3, 0.4) is 0 Å². The minimum atomic E-state index is -0.200. The van der Waals surface area contributed by atoms with Crippen LogP contribution in [0.1, 0.15) is 55.3 Å². The van der Waals surface area contributed by atoms with Crippen LogP contribution in [0.15, 0.2) is 47.5 Å². The van der Waals surface area contributed by atoms with Crippen molar-refractivity contribution in [1.82, 2.24) is 35.1 Å². The average Bonchev–Trinajstić information content (AvgIpc) is 3.24. The van der Waals surface area contributed by atoms with E-state index in [-0.39, 0.29) is 11.1 Å². The Morgan fingerprint density at radius 2 is 1.94 bits per heavy atom. The van der Waals surface area contributed by atoms with Crippen molar-refractivity contribution in [2.75, 3.05) is 0 Å². The predicted octanol–water partition coefficient (Wildman–Crippen LogP) is 3.87. The van der Waals surface area contributed by atoms with Gasteiger partial charge in [0, 0.05) is 41.9 Å². The van der Waals surface area contributed by atoms with Gasteiger partial charge in [-0.05, 0) is 79.4 Å². The van der Waals surface area contributed by atoms with E-state index in [1.54, 1.807) is 6.20 Å². The van der Waals surface area contributed by atoms with Crippen molar-refractivity contribution >= 4 is 10.9 Å². The Kier molecular flexibility index (Phi) is 6.37. The highest BCUT2D eigenvalue weighted by molar-refractivity contribution is 5.83. The summed E-state index contributed by atoms with van der Waals surface area (Å²) < 4.78 is 1.89. The monoisotopic (exact) mass is 445 g/mol. The lowest BCUT2D eigenvalue weighted by molar-refractivity contribution is 0.216. The predicted molar refractivity (Wildman–Crippen MR) is 129 cm³/mol. The van der Waals surface area contributed by atoms with Crippen LogP contribution in [0.5, 0.6) is 0 Å². The number of fused-ring (bicyclic) bond motifs is 1. The standard InChI is InChI=1S/C25H31N7O/c1-6-25(4,5)32-23(28-29-30-32)16-31(14-19-8-7-9-26-13-19)15-20-12-21-18(3)10-17(2)11-22(21)27-24(20)33/h7-13H,6,14-16H2,1-5H3,(H,27,33). The summed E-state index contributed by atoms with van der Waals surface area (Å²) in [6, 6.07) is 10.1. The maximum Gasteiger partial charge on any atom is 0.252 e. The summed E-state index contributed by atoms with van der Waals surface area (Å²) in [4.78, 5) is 22.5. The van der Waals surface area contributed by atoms with E-state index in [1.807, 2.05) is 42.1 Å². The number of hydrogen-bond donors (Lipinski definition) is 1. The van der Waals surface area contributed by atoms with E-state index in [0.29, 0.717) is 25.2 Å². The summed E-state index contributed by atoms with van der Waals surface area (Å²) in [5, 5.41) is 13.6. The van der Waals surface area contributed by atoms with Crippen LogP contribution in [-0.4, -0.2) is 35.1 Å². The van der Waals surface area contributed by atoms with Crippen molar-refractivity contribution in [2.45, 2.75) is 66.2 Å². The van der Waals surface area contributed by atoms with E-state index in [1.165, 1.54) is 0 Å². The molecule has 0 saturated heterocycles. The summed E-state index contributed by atoms with van der Waals surface area (Å²) in [7, 11) is 0. The number of nitrogens with one attached hydrogen (secondary N) is 1. The Morgan fingerprint density at radius 1 is 1.12 bits per heavy atom. The Hall–Kier alpha value is -3.39. The smallest absolute Gasteiger partial charge is 0.252 e. The molecule has 33 heavy (non-hydrogen) atoms. The van der Waals surface area contributed by atoms with Crippen molar-refractivity contribution in [2.24, 2.45) is 0 Å². The number of pyridine rings is 2. The van der Waals surface area contributed by atoms with Crippen molar-refractivity contribution in [3.05, 3.63) is 81.2 Å². The second-order valence-corrected chi connectivity index (χ2v) is 9.35. The number of hydrogen-bond acceptors (Lipinski definition) is 6. The number of nitrogens with zero attached hydrogens (tertiary/aromatic N) is 6. The number of rotatable bonds is 8. The number of aryl methyl sites for hydroxylation is 2. The zero-order chi connectivity index (χ0) is 23.6. The summed E-state index contributed by atoms with van der Waals surface area (Å²) in [5.74, 6) is 0.773. The zero-order valence-corrected chi connectivity index (χ0v) is 20.0. The molecule has 3 aromatic heterocycles. The second-order valence-electron chi connectivity index (χ2n) is 9.35. The minimum absolute atomic E-state index is 0.0721. The fraction of sp³-hybridized carbons (Fsp3) is 0.400. The number of benzene rings is 1. The average molecular weight is 446 g/mol. The molecule has 0 aliphatic carbocycles. The molecule has 0 aliphatic rings. The highest BCUT2D eigenvalue weighted by atomic mass is 16.1. The van der Waals surface area contributed by atoms with E-state index in [9.17, 15) is 4.79 Å². The third kappa shape index (κ3) is 5.01. The second kappa shape index (κ2) is 9.23. The first-order chi connectivity index (χ1) is 15.8. The number of aromatic amines is 1. The van der Waals surface area contributed by atoms with Crippen LogP contribution in [0.2, 0.25) is 0 Å². The van der Waals surface area contributed by atoms with Gasteiger partial charge >= 0.3 is 0 Å². The number of tetrazole rings is 1. The Labute approximate surface area is 193 Å². The van der Waals surface area contributed by atoms with Gasteiger partial charge in [0.15, 0.2) is 5.82 Å². The molecule has 4 rings (SSSR count). The van der Waals surface area contributed by atoms with Gasteiger partial charge in [-0.2, -0.15) is 0 Å². The zero-order valence-electron chi connectivity index (χ0n) is 20.0. The van der Waals surface area contributed by atoms with Crippen LogP contribution < -0.4 is 5.56 Å². The molecule has 3 heterocycles. The molecule has 0 fully saturated rings. The first-order valence-electron chi connectivity index (χ1n) is 11.3. The van der Waals surface area contributed by atoms with Gasteiger partial charge in [-0.1, -0.05) is 19.1 Å². The number of H-pyrrole nitrogens is 1. The third-order valence-corrected chi connectivity index (χ3v) is 6.25. The van der Waals surface area contributed by atoms with E-state index in [4.69, 9.17) is 0 Å². The molecule has 172 valence electrons. The lowest BCUT2D eigenvalue weighted by atomic mass is 10.0. The van der Waals surface area contributed by atoms with E-state index >= 15 is 0 Å². The third-order valence-electron chi connectivity index (χ3n) is 6.25. The lowest BCUT2D eigenvalue weighted by Gasteiger charge is -2.27. The molecule has 0 unspecified atom stereocenters. The SMILES string of the molecule is CCC(C)(C)n1nnnc1CN(Cc1cccnc1)Cc1cc2c(C)cc(C)cc2[nH]c1=O. The minimum Gasteiger partial charge on any atom is -0.322 e. The Bertz CT molecular complexity index is 1310. The van der Waals surface area contributed by atoms with Gasteiger partial charge in [0.2, 0.25) is 0 Å². The van der Waals surface area contributed by atoms with Crippen LogP contribution >= 0.6 is 0 Å². The van der Waals surface area contributed by atoms with Gasteiger partial charge in [-0.25, -0.2) is 4.68 Å². The van der Waals surface area contributed by atoms with Crippen molar-refractivity contribution in [3.63, 3.8) is 0 Å². The molecule has 0 atom stereocenters. The summed E-state index contributed by atoms with van der Waals surface area (Å²) >= 11 is 0. The molecule has 0 amide bonds. The normalized spacial score (nSPS) is 12.1. The van der Waals surface area contributed by atoms with Gasteiger partial charge in [-0.15, -0.1) is 5.10 Å². The van der Waals surface area contributed by atoms with Gasteiger partial charge in [-0.3, -0.25) is 14.7 Å². The molecule has 0 saturated carbocycles. The van der Waals surface area contributed by atoms with Crippen LogP contribution in [-0.2, 0) is 25.2 Å². The van der Waals surface area contributed by atoms with E-state index in [2.05, 4.69) is 64.2 Å². The van der Waals surface area contributed by atoms with Crippen molar-refractivity contribution in [3.8, 4) is 0 Å². The van der Waals surface area contributed by atoms with Gasteiger partial charge in [0.1, 0.15) is 0 Å². The quantitative estimate of drug-likeness (QED) is 0.443. The fourth-order valence-corrected chi connectivity index (χ4v) is 4.12. The molecule has 0 bridgehead atoms. The number of aromatic nitrogens is 6. The van der Waals surface area contributed by atoms with Crippen LogP contribution in [0.4, 0.5) is 0 Å². The topological polar surface area (TPSA) is 92.6 Å². The van der Waals surface area contributed by atoms with Gasteiger partial charge in [0.05, 0.1) is 12.1 Å². The summed E-state index contributed by atoms with van der Waals surface area (Å²) in [6.45, 7) is 12.1. The fourth-order valence-electron chi connectivity index (χ4n) is 4.12. The first kappa shape index (κ1) is 22.8. The molecule has 1 aromatic carbocycles. The molecule has 1 N–H and O–H groups in total. The molecule has 8 heteroatoms. The van der Waals surface area contributed by atoms with Crippen molar-refractivity contribution in [1.29, 1.82) is 0 Å². The summed E-state index contributed by atoms with van der Waals surface area (Å²) in [6.07, 6.45) is 4.51. The molecular formula is C25H31N7O. The van der Waals surface area contributed by atoms with E-state index in [0.717, 1.165) is 39.8 Å². The first-order valence-corrected chi connectivity index (χ1v) is 11.3. The lowest BCUT2D eigenvalue weighted by Crippen LogP contribution is -2.32. The molecular weight excluding hydrogens is 414 g/mol. The molecule has 0 spiro atoms. The molecule has 0 aliphatic heterocycles. The summed E-state index contributed by atoms with van der Waals surface area (Å²) in [5.41, 5.74) is 4.66. The maximum atomic E-state index is 13.0. The van der Waals surface area contributed by atoms with E-state index < -0.39 is 0 Å². The Morgan fingerprint density at radius 3 is 2.67 bits per heavy atom. The molecule has 0 radical (unpaired) electrons. The highest BCUT2D eigenvalue weighted by Gasteiger charge is 2.25. The van der Waals surface area contributed by atoms with Gasteiger partial charge in [0.25, 0.3) is 5.56 Å².